The van der Waals surface area contributed by atoms with E-state index >= 15 is 0 Å². The molecule has 2 aliphatic rings. The van der Waals surface area contributed by atoms with Crippen LogP contribution in [0.3, 0.4) is 0 Å². The fourth-order valence-corrected chi connectivity index (χ4v) is 7.33. The molecule has 262 valence electrons. The molecule has 1 amide bonds. The van der Waals surface area contributed by atoms with Gasteiger partial charge in [0.2, 0.25) is 5.91 Å². The summed E-state index contributed by atoms with van der Waals surface area (Å²) in [6.45, 7) is 4.74. The number of hydrogen-bond donors (Lipinski definition) is 1. The molecule has 15 heteroatoms. The van der Waals surface area contributed by atoms with Crippen molar-refractivity contribution in [2.24, 2.45) is 0 Å². The quantitative estimate of drug-likeness (QED) is 0.278. The number of aromatic nitrogens is 7. The SMILES string of the molecule is COc1cc(F)ccc1-n1ncc2c(N3C[C@@H]4C[C@H]3C(=O)N(C)C[C@@H](OC)Cn3c(C)nc5cc(F)cc(c53)-c3cccc(n3)N4)nc(C)nc21. The van der Waals surface area contributed by atoms with Crippen LogP contribution in [0.25, 0.3) is 39.0 Å². The number of pyridine rings is 1. The molecule has 4 aromatic heterocycles. The van der Waals surface area contributed by atoms with Gasteiger partial charge in [0, 0.05) is 51.0 Å². The van der Waals surface area contributed by atoms with Crippen molar-refractivity contribution in [2.75, 3.05) is 44.6 Å². The Hall–Kier alpha value is -5.70. The Morgan fingerprint density at radius 2 is 1.78 bits per heavy atom. The lowest BCUT2D eigenvalue weighted by molar-refractivity contribution is -0.132. The van der Waals surface area contributed by atoms with Gasteiger partial charge in [-0.3, -0.25) is 4.79 Å². The number of carbonyl (C=O) groups is 1. The summed E-state index contributed by atoms with van der Waals surface area (Å²) in [5.74, 6) is 1.65. The molecule has 2 aliphatic heterocycles. The van der Waals surface area contributed by atoms with Gasteiger partial charge in [-0.15, -0.1) is 0 Å². The highest BCUT2D eigenvalue weighted by Gasteiger charge is 2.41. The Labute approximate surface area is 291 Å². The number of anilines is 2. The molecular formula is C36H36F2N10O3. The zero-order chi connectivity index (χ0) is 35.6. The molecule has 0 spiro atoms. The molecule has 6 aromatic rings. The summed E-state index contributed by atoms with van der Waals surface area (Å²) in [6, 6.07) is 11.9. The minimum atomic E-state index is -0.604. The van der Waals surface area contributed by atoms with Crippen molar-refractivity contribution < 1.29 is 23.0 Å². The van der Waals surface area contributed by atoms with Crippen molar-refractivity contribution in [2.45, 2.75) is 45.0 Å². The number of amides is 1. The largest absolute Gasteiger partial charge is 0.494 e. The van der Waals surface area contributed by atoms with E-state index in [9.17, 15) is 13.6 Å². The van der Waals surface area contributed by atoms with Gasteiger partial charge < -0.3 is 29.2 Å². The monoisotopic (exact) mass is 694 g/mol. The van der Waals surface area contributed by atoms with Gasteiger partial charge in [-0.05, 0) is 50.6 Å². The molecule has 13 nitrogen and oxygen atoms in total. The zero-order valence-corrected chi connectivity index (χ0v) is 28.8. The van der Waals surface area contributed by atoms with Crippen molar-refractivity contribution in [3.05, 3.63) is 78.0 Å². The topological polar surface area (TPSA) is 128 Å². The number of rotatable bonds is 4. The number of nitrogens with zero attached hydrogens (tertiary/aromatic N) is 9. The number of aryl methyl sites for hydroxylation is 2. The Kier molecular flexibility index (Phi) is 8.01. The third kappa shape index (κ3) is 5.66. The third-order valence-corrected chi connectivity index (χ3v) is 9.70. The number of imidazole rings is 1. The lowest BCUT2D eigenvalue weighted by Crippen LogP contribution is -2.47. The van der Waals surface area contributed by atoms with Gasteiger partial charge in [0.05, 0.1) is 48.1 Å². The van der Waals surface area contributed by atoms with E-state index in [1.54, 1.807) is 42.9 Å². The normalized spacial score (nSPS) is 19.4. The average molecular weight is 695 g/mol. The highest BCUT2D eigenvalue weighted by atomic mass is 19.1. The maximum Gasteiger partial charge on any atom is 0.245 e. The predicted molar refractivity (Wildman–Crippen MR) is 187 cm³/mol. The summed E-state index contributed by atoms with van der Waals surface area (Å²) in [7, 11) is 4.86. The van der Waals surface area contributed by atoms with Crippen LogP contribution in [-0.2, 0) is 16.1 Å². The minimum Gasteiger partial charge on any atom is -0.494 e. The molecule has 51 heavy (non-hydrogen) atoms. The highest BCUT2D eigenvalue weighted by Crippen LogP contribution is 2.36. The second-order valence-electron chi connectivity index (χ2n) is 13.0. The molecule has 1 N–H and O–H groups in total. The van der Waals surface area contributed by atoms with Crippen LogP contribution < -0.4 is 15.0 Å². The molecular weight excluding hydrogens is 658 g/mol. The summed E-state index contributed by atoms with van der Waals surface area (Å²) < 4.78 is 44.1. The molecule has 6 heterocycles. The first-order valence-corrected chi connectivity index (χ1v) is 16.6. The lowest BCUT2D eigenvalue weighted by Gasteiger charge is -2.31. The van der Waals surface area contributed by atoms with E-state index in [1.807, 2.05) is 34.6 Å². The van der Waals surface area contributed by atoms with Crippen LogP contribution in [0, 0.1) is 25.5 Å². The van der Waals surface area contributed by atoms with Gasteiger partial charge in [0.15, 0.2) is 5.65 Å². The molecule has 0 radical (unpaired) electrons. The van der Waals surface area contributed by atoms with E-state index in [0.717, 1.165) is 5.52 Å². The summed E-state index contributed by atoms with van der Waals surface area (Å²) in [4.78, 5) is 37.3. The van der Waals surface area contributed by atoms with Crippen LogP contribution in [0.15, 0.2) is 54.7 Å². The van der Waals surface area contributed by atoms with Gasteiger partial charge in [-0.2, -0.15) is 5.10 Å². The first kappa shape index (κ1) is 32.5. The van der Waals surface area contributed by atoms with Crippen LogP contribution in [0.5, 0.6) is 5.75 Å². The van der Waals surface area contributed by atoms with Gasteiger partial charge in [0.1, 0.15) is 52.4 Å². The van der Waals surface area contributed by atoms with Crippen LogP contribution in [0.2, 0.25) is 0 Å². The number of halogens is 2. The Morgan fingerprint density at radius 1 is 0.941 bits per heavy atom. The fourth-order valence-electron chi connectivity index (χ4n) is 7.33. The Balaban J connectivity index is 1.24. The first-order chi connectivity index (χ1) is 24.6. The number of ether oxygens (including phenoxy) is 2. The fraction of sp³-hybridized carbons (Fsp3) is 0.333. The molecule has 3 atom stereocenters. The lowest BCUT2D eigenvalue weighted by atomic mass is 10.1. The number of methoxy groups -OCH3 is 2. The summed E-state index contributed by atoms with van der Waals surface area (Å²) in [5, 5.41) is 8.78. The second-order valence-corrected chi connectivity index (χ2v) is 13.0. The summed E-state index contributed by atoms with van der Waals surface area (Å²) >= 11 is 0. The molecule has 0 saturated carbocycles. The number of carbonyl (C=O) groups excluding carboxylic acids is 1. The number of likely N-dealkylation sites (N-methyl/N-ethyl adjacent to an activating group) is 1. The minimum absolute atomic E-state index is 0.107. The number of benzene rings is 2. The average Bonchev–Trinajstić information content (AvgIpc) is 3.81. The standard InChI is InChI=1S/C36H36F2N10O3/c1-19-40-34(26-15-39-48(35(26)41-19)29-10-9-21(37)13-31(29)51-5)47-16-23-14-30(47)36(49)45(3)17-24(50-4)18-46-20(2)42-28-12-22(38)11-25(33(28)46)27-7-6-8-32(43-23)44-27/h6-13,15,23-24,30H,14,16-18H2,1-5H3,(H,43,44)/t23-,24+,30-/m0/s1. The Bertz CT molecular complexity index is 2320. The Morgan fingerprint density at radius 3 is 2.59 bits per heavy atom. The van der Waals surface area contributed by atoms with Crippen LogP contribution >= 0.6 is 0 Å². The second kappa shape index (κ2) is 12.6. The van der Waals surface area contributed by atoms with Gasteiger partial charge in [-0.25, -0.2) is 33.4 Å². The predicted octanol–water partition coefficient (Wildman–Crippen LogP) is 4.68. The maximum absolute atomic E-state index is 15.0. The van der Waals surface area contributed by atoms with Crippen LogP contribution in [0.4, 0.5) is 20.4 Å². The van der Waals surface area contributed by atoms with Crippen molar-refractivity contribution in [3.8, 4) is 22.7 Å². The van der Waals surface area contributed by atoms with Gasteiger partial charge in [0.25, 0.3) is 0 Å². The zero-order valence-electron chi connectivity index (χ0n) is 28.8. The van der Waals surface area contributed by atoms with Crippen molar-refractivity contribution in [1.82, 2.24) is 39.2 Å². The maximum atomic E-state index is 15.0. The summed E-state index contributed by atoms with van der Waals surface area (Å²) in [6.07, 6.45) is 1.70. The molecule has 4 bridgehead atoms. The molecule has 2 aromatic carbocycles. The number of nitrogens with one attached hydrogen (secondary N) is 1. The molecule has 0 unspecified atom stereocenters. The summed E-state index contributed by atoms with van der Waals surface area (Å²) in [5.41, 5.74) is 3.47. The van der Waals surface area contributed by atoms with Gasteiger partial charge >= 0.3 is 0 Å². The van der Waals surface area contributed by atoms with E-state index < -0.39 is 23.8 Å². The molecule has 1 fully saturated rings. The van der Waals surface area contributed by atoms with E-state index in [1.165, 1.54) is 31.4 Å². The number of hydrogen-bond acceptors (Lipinski definition) is 10. The van der Waals surface area contributed by atoms with E-state index in [4.69, 9.17) is 24.4 Å². The first-order valence-electron chi connectivity index (χ1n) is 16.6. The van der Waals surface area contributed by atoms with Crippen LogP contribution in [-0.4, -0.2) is 97.6 Å². The smallest absolute Gasteiger partial charge is 0.245 e. The van der Waals surface area contributed by atoms with Gasteiger partial charge in [-0.1, -0.05) is 6.07 Å². The third-order valence-electron chi connectivity index (χ3n) is 9.70. The molecule has 0 aliphatic carbocycles. The highest BCUT2D eigenvalue weighted by molar-refractivity contribution is 5.94. The van der Waals surface area contributed by atoms with Crippen molar-refractivity contribution >= 4 is 39.6 Å². The van der Waals surface area contributed by atoms with Crippen molar-refractivity contribution in [3.63, 3.8) is 0 Å². The number of fused-ring (bicyclic) bond motifs is 6. The van der Waals surface area contributed by atoms with E-state index in [-0.39, 0.29) is 11.9 Å². The van der Waals surface area contributed by atoms with Crippen LogP contribution in [0.1, 0.15) is 18.1 Å². The molecule has 1 saturated heterocycles. The van der Waals surface area contributed by atoms with E-state index in [2.05, 4.69) is 15.4 Å². The van der Waals surface area contributed by atoms with Crippen molar-refractivity contribution in [1.29, 1.82) is 0 Å². The molecule has 8 rings (SSSR count). The van der Waals surface area contributed by atoms with E-state index in [0.29, 0.717) is 88.6 Å².